The largest absolute Gasteiger partial charge is 0.618 e. The maximum absolute atomic E-state index is 12.4. The summed E-state index contributed by atoms with van der Waals surface area (Å²) >= 11 is 0. The van der Waals surface area contributed by atoms with Gasteiger partial charge in [-0.25, -0.2) is 4.98 Å². The summed E-state index contributed by atoms with van der Waals surface area (Å²) in [5.74, 6) is -0.176. The van der Waals surface area contributed by atoms with Crippen LogP contribution in [0.2, 0.25) is 0 Å². The van der Waals surface area contributed by atoms with Crippen LogP contribution in [-0.4, -0.2) is 26.9 Å². The van der Waals surface area contributed by atoms with E-state index >= 15 is 0 Å². The molecule has 1 aromatic carbocycles. The minimum atomic E-state index is -3.80. The summed E-state index contributed by atoms with van der Waals surface area (Å²) in [5.41, 5.74) is -3.72. The molecule has 0 fully saturated rings. The molecule has 23 heavy (non-hydrogen) atoms. The van der Waals surface area contributed by atoms with Crippen molar-refractivity contribution >= 4 is 21.9 Å². The minimum absolute atomic E-state index is 0.00860. The van der Waals surface area contributed by atoms with Crippen LogP contribution in [0.15, 0.2) is 30.5 Å². The highest BCUT2D eigenvalue weighted by Crippen LogP contribution is 2.25. The van der Waals surface area contributed by atoms with Crippen LogP contribution >= 0.6 is 0 Å². The van der Waals surface area contributed by atoms with Gasteiger partial charge in [0.25, 0.3) is 0 Å². The maximum atomic E-state index is 12.4. The lowest BCUT2D eigenvalue weighted by Crippen LogP contribution is -2.28. The predicted molar refractivity (Wildman–Crippen MR) is 87.8 cm³/mol. The van der Waals surface area contributed by atoms with Gasteiger partial charge in [-0.15, -0.1) is 0 Å². The summed E-state index contributed by atoms with van der Waals surface area (Å²) in [7, 11) is 0. The van der Waals surface area contributed by atoms with Gasteiger partial charge in [0.2, 0.25) is 11.7 Å². The maximum Gasteiger partial charge on any atom is 0.226 e. The van der Waals surface area contributed by atoms with Gasteiger partial charge in [0.1, 0.15) is 12.4 Å². The number of aromatic nitrogens is 3. The predicted octanol–water partition coefficient (Wildman–Crippen LogP) is 2.13. The van der Waals surface area contributed by atoms with E-state index in [4.69, 9.17) is 15.7 Å². The molecule has 0 saturated heterocycles. The Morgan fingerprint density at radius 3 is 3.00 bits per heavy atom. The zero-order chi connectivity index (χ0) is 23.4. The second kappa shape index (κ2) is 5.79. The van der Waals surface area contributed by atoms with Gasteiger partial charge in [0.05, 0.1) is 25.7 Å². The molecule has 0 aliphatic rings. The van der Waals surface area contributed by atoms with E-state index in [9.17, 15) is 10.3 Å². The van der Waals surface area contributed by atoms with Crippen molar-refractivity contribution in [1.29, 1.82) is 0 Å². The van der Waals surface area contributed by atoms with Crippen LogP contribution in [0.1, 0.15) is 37.4 Å². The summed E-state index contributed by atoms with van der Waals surface area (Å²) in [6.45, 7) is -9.10. The SMILES string of the molecule is [2H]C([2H])([2H])C(O)(C([2H])([2H])[2H])C([2H])([2H])n1c(COCC)nc2c[n+]([O-])c3ccccc3c21. The zero-order valence-electron chi connectivity index (χ0n) is 20.4. The van der Waals surface area contributed by atoms with E-state index in [1.54, 1.807) is 19.1 Å². The number of benzene rings is 1. The Morgan fingerprint density at radius 2 is 2.26 bits per heavy atom. The van der Waals surface area contributed by atoms with Gasteiger partial charge in [-0.05, 0) is 26.7 Å². The zero-order valence-corrected chi connectivity index (χ0v) is 12.4. The van der Waals surface area contributed by atoms with E-state index < -0.39 is 25.8 Å². The Bertz CT molecular complexity index is 1110. The third kappa shape index (κ3) is 3.00. The number of ether oxygens (including phenoxy) is 1. The van der Waals surface area contributed by atoms with Crippen LogP contribution in [-0.2, 0) is 17.8 Å². The van der Waals surface area contributed by atoms with E-state index in [1.807, 2.05) is 0 Å². The van der Waals surface area contributed by atoms with Crippen LogP contribution in [0.5, 0.6) is 0 Å². The fourth-order valence-corrected chi connectivity index (χ4v) is 2.45. The molecule has 0 atom stereocenters. The van der Waals surface area contributed by atoms with Gasteiger partial charge in [-0.2, -0.15) is 4.73 Å². The third-order valence-corrected chi connectivity index (χ3v) is 3.32. The molecular formula is C17H21N3O3. The molecule has 0 bridgehead atoms. The van der Waals surface area contributed by atoms with Crippen LogP contribution in [0.3, 0.4) is 0 Å². The molecule has 6 heteroatoms. The summed E-state index contributed by atoms with van der Waals surface area (Å²) in [6, 6.07) is 6.13. The van der Waals surface area contributed by atoms with Crippen molar-refractivity contribution in [1.82, 2.24) is 9.55 Å². The summed E-state index contributed by atoms with van der Waals surface area (Å²) in [6.07, 6.45) is 1.07. The van der Waals surface area contributed by atoms with Gasteiger partial charge in [-0.3, -0.25) is 0 Å². The van der Waals surface area contributed by atoms with Gasteiger partial charge >= 0.3 is 0 Å². The molecule has 6 nitrogen and oxygen atoms in total. The highest BCUT2D eigenvalue weighted by Gasteiger charge is 2.22. The molecule has 0 saturated carbocycles. The molecule has 0 aliphatic carbocycles. The van der Waals surface area contributed by atoms with Gasteiger partial charge < -0.3 is 19.6 Å². The number of pyridine rings is 1. The first-order valence-corrected chi connectivity index (χ1v) is 7.01. The minimum Gasteiger partial charge on any atom is -0.618 e. The standard InChI is InChI=1S/C17H21N3O3/c1-4-23-10-15-18-13-9-20(22)14-8-6-5-7-12(14)16(13)19(15)11-17(2,3)21/h5-9,21H,4,10-11H2,1-3H3/i2D3,3D3,11D2. The van der Waals surface area contributed by atoms with Gasteiger partial charge in [0, 0.05) is 20.9 Å². The lowest BCUT2D eigenvalue weighted by Gasteiger charge is -2.20. The quantitative estimate of drug-likeness (QED) is 0.576. The second-order valence-corrected chi connectivity index (χ2v) is 5.03. The molecular weight excluding hydrogens is 294 g/mol. The number of hydrogen-bond donors (Lipinski definition) is 1. The Morgan fingerprint density at radius 1 is 1.48 bits per heavy atom. The van der Waals surface area contributed by atoms with Crippen molar-refractivity contribution in [3.63, 3.8) is 0 Å². The van der Waals surface area contributed by atoms with Gasteiger partial charge in [-0.1, -0.05) is 12.1 Å². The second-order valence-electron chi connectivity index (χ2n) is 5.03. The van der Waals surface area contributed by atoms with E-state index in [0.717, 1.165) is 10.8 Å². The molecule has 0 amide bonds. The fourth-order valence-electron chi connectivity index (χ4n) is 2.45. The van der Waals surface area contributed by atoms with E-state index in [2.05, 4.69) is 4.98 Å². The topological polar surface area (TPSA) is 74.2 Å². The van der Waals surface area contributed by atoms with Crippen LogP contribution in [0.4, 0.5) is 0 Å². The molecule has 0 radical (unpaired) electrons. The lowest BCUT2D eigenvalue weighted by molar-refractivity contribution is -0.575. The summed E-state index contributed by atoms with van der Waals surface area (Å²) in [4.78, 5) is 4.20. The molecule has 2 aromatic heterocycles. The highest BCUT2D eigenvalue weighted by molar-refractivity contribution is 6.00. The van der Waals surface area contributed by atoms with E-state index in [0.29, 0.717) is 4.73 Å². The van der Waals surface area contributed by atoms with Crippen molar-refractivity contribution < 1.29 is 25.5 Å². The van der Waals surface area contributed by atoms with E-state index in [-0.39, 0.29) is 41.0 Å². The number of hydrogen-bond acceptors (Lipinski definition) is 4. The molecule has 0 aliphatic heterocycles. The Hall–Kier alpha value is -2.18. The molecule has 2 heterocycles. The smallest absolute Gasteiger partial charge is 0.226 e. The van der Waals surface area contributed by atoms with Crippen molar-refractivity contribution in [3.05, 3.63) is 41.5 Å². The number of fused-ring (bicyclic) bond motifs is 3. The Labute approximate surface area is 145 Å². The number of aliphatic hydroxyl groups is 1. The average molecular weight is 323 g/mol. The lowest BCUT2D eigenvalue weighted by atomic mass is 10.1. The normalized spacial score (nSPS) is 19.2. The molecule has 3 rings (SSSR count). The van der Waals surface area contributed by atoms with Crippen LogP contribution in [0, 0.1) is 5.21 Å². The average Bonchev–Trinajstić information content (AvgIpc) is 3.03. The van der Waals surface area contributed by atoms with Crippen LogP contribution < -0.4 is 4.73 Å². The third-order valence-electron chi connectivity index (χ3n) is 3.32. The fraction of sp³-hybridized carbons (Fsp3) is 0.412. The van der Waals surface area contributed by atoms with Crippen molar-refractivity contribution in [2.75, 3.05) is 6.61 Å². The van der Waals surface area contributed by atoms with Crippen molar-refractivity contribution in [2.24, 2.45) is 0 Å². The first kappa shape index (κ1) is 8.61. The molecule has 1 N–H and O–H groups in total. The first-order chi connectivity index (χ1) is 14.2. The number of para-hydroxylation sites is 1. The molecule has 122 valence electrons. The number of rotatable bonds is 5. The Kier molecular flexibility index (Phi) is 2.17. The molecule has 0 unspecified atom stereocenters. The van der Waals surface area contributed by atoms with Gasteiger partial charge in [0.15, 0.2) is 5.52 Å². The number of imidazole rings is 1. The Balaban J connectivity index is 2.50. The molecule has 0 spiro atoms. The van der Waals surface area contributed by atoms with Crippen molar-refractivity contribution in [3.8, 4) is 0 Å². The summed E-state index contributed by atoms with van der Waals surface area (Å²) in [5, 5.41) is 23.6. The highest BCUT2D eigenvalue weighted by atomic mass is 16.5. The summed E-state index contributed by atoms with van der Waals surface area (Å²) < 4.78 is 69.9. The van der Waals surface area contributed by atoms with Crippen molar-refractivity contribution in [2.45, 2.75) is 39.3 Å². The molecule has 3 aromatic rings. The van der Waals surface area contributed by atoms with Crippen LogP contribution in [0.25, 0.3) is 21.9 Å². The monoisotopic (exact) mass is 323 g/mol. The first-order valence-electron chi connectivity index (χ1n) is 11.0. The number of nitrogens with zero attached hydrogens (tertiary/aromatic N) is 3. The van der Waals surface area contributed by atoms with E-state index in [1.165, 1.54) is 12.1 Å².